The average molecular weight is 430 g/mol. The molecule has 0 bridgehead atoms. The molecule has 0 saturated carbocycles. The molecule has 114 valence electrons. The van der Waals surface area contributed by atoms with Crippen LogP contribution in [0.25, 0.3) is 0 Å². The van der Waals surface area contributed by atoms with E-state index in [4.69, 9.17) is 0 Å². The van der Waals surface area contributed by atoms with E-state index in [1.807, 2.05) is 0 Å². The minimum atomic E-state index is -0.459. The number of benzene rings is 2. The van der Waals surface area contributed by atoms with E-state index in [9.17, 15) is 20.2 Å². The number of nitrogens with zero attached hydrogens (tertiary/aromatic N) is 2. The minimum Gasteiger partial charge on any atom is -0.258 e. The summed E-state index contributed by atoms with van der Waals surface area (Å²) < 4.78 is 0. The SMILES string of the molecule is O=[N+]([O-])c1ccc(C(Br)C(Br)c2cccc([N+](=O)[O-])c2)cc1. The largest absolute Gasteiger partial charge is 0.269 e. The molecule has 0 heterocycles. The second-order valence-electron chi connectivity index (χ2n) is 4.50. The fourth-order valence-corrected chi connectivity index (χ4v) is 3.13. The summed E-state index contributed by atoms with van der Waals surface area (Å²) in [4.78, 5) is 20.2. The number of alkyl halides is 2. The predicted molar refractivity (Wildman–Crippen MR) is 89.5 cm³/mol. The van der Waals surface area contributed by atoms with Crippen LogP contribution in [0.2, 0.25) is 0 Å². The molecule has 2 unspecified atom stereocenters. The zero-order valence-electron chi connectivity index (χ0n) is 11.1. The van der Waals surface area contributed by atoms with Gasteiger partial charge in [-0.05, 0) is 11.1 Å². The van der Waals surface area contributed by atoms with Gasteiger partial charge < -0.3 is 0 Å². The van der Waals surface area contributed by atoms with Crippen LogP contribution in [0.15, 0.2) is 48.5 Å². The standard InChI is InChI=1S/C14H10Br2N2O4/c15-13(9-4-6-11(7-5-9)17(19)20)14(16)10-2-1-3-12(8-10)18(21)22/h1-8,13-14H. The second kappa shape index (κ2) is 6.97. The van der Waals surface area contributed by atoms with Crippen LogP contribution < -0.4 is 0 Å². The van der Waals surface area contributed by atoms with E-state index in [1.54, 1.807) is 24.3 Å². The second-order valence-corrected chi connectivity index (χ2v) is 6.48. The fourth-order valence-electron chi connectivity index (χ4n) is 1.93. The smallest absolute Gasteiger partial charge is 0.258 e. The number of rotatable bonds is 5. The van der Waals surface area contributed by atoms with Gasteiger partial charge in [-0.25, -0.2) is 0 Å². The van der Waals surface area contributed by atoms with Crippen LogP contribution in [-0.4, -0.2) is 9.85 Å². The Balaban J connectivity index is 2.24. The third-order valence-corrected chi connectivity index (χ3v) is 5.90. The van der Waals surface area contributed by atoms with Crippen molar-refractivity contribution in [1.82, 2.24) is 0 Å². The minimum absolute atomic E-state index is 0.0184. The number of nitro benzene ring substituents is 2. The molecule has 0 aromatic heterocycles. The molecule has 0 spiro atoms. The van der Waals surface area contributed by atoms with Crippen LogP contribution in [0.3, 0.4) is 0 Å². The quantitative estimate of drug-likeness (QED) is 0.377. The third-order valence-electron chi connectivity index (χ3n) is 3.08. The summed E-state index contributed by atoms with van der Waals surface area (Å²) >= 11 is 7.04. The Morgan fingerprint density at radius 1 is 0.773 bits per heavy atom. The summed E-state index contributed by atoms with van der Waals surface area (Å²) in [6, 6.07) is 12.5. The van der Waals surface area contributed by atoms with E-state index >= 15 is 0 Å². The van der Waals surface area contributed by atoms with Gasteiger partial charge >= 0.3 is 0 Å². The summed E-state index contributed by atoms with van der Waals surface area (Å²) in [6.45, 7) is 0. The van der Waals surface area contributed by atoms with Crippen LogP contribution in [-0.2, 0) is 0 Å². The van der Waals surface area contributed by atoms with Crippen LogP contribution in [0.5, 0.6) is 0 Å². The van der Waals surface area contributed by atoms with Crippen molar-refractivity contribution in [2.75, 3.05) is 0 Å². The summed E-state index contributed by atoms with van der Waals surface area (Å²) in [6.07, 6.45) is 0. The summed E-state index contributed by atoms with van der Waals surface area (Å²) in [7, 11) is 0. The molecule has 0 fully saturated rings. The molecule has 8 heteroatoms. The van der Waals surface area contributed by atoms with Crippen LogP contribution in [0, 0.1) is 20.2 Å². The van der Waals surface area contributed by atoms with Gasteiger partial charge in [0.05, 0.1) is 19.5 Å². The van der Waals surface area contributed by atoms with E-state index in [2.05, 4.69) is 31.9 Å². The molecular formula is C14H10Br2N2O4. The van der Waals surface area contributed by atoms with Crippen molar-refractivity contribution in [2.24, 2.45) is 0 Å². The lowest BCUT2D eigenvalue weighted by molar-refractivity contribution is -0.385. The predicted octanol–water partition coefficient (Wildman–Crippen LogP) is 5.08. The maximum Gasteiger partial charge on any atom is 0.269 e. The molecule has 0 N–H and O–H groups in total. The van der Waals surface area contributed by atoms with Gasteiger partial charge in [-0.1, -0.05) is 56.1 Å². The topological polar surface area (TPSA) is 86.3 Å². The number of hydrogen-bond acceptors (Lipinski definition) is 4. The first kappa shape index (κ1) is 16.6. The molecular weight excluding hydrogens is 420 g/mol. The normalized spacial score (nSPS) is 13.4. The van der Waals surface area contributed by atoms with Crippen molar-refractivity contribution in [3.8, 4) is 0 Å². The van der Waals surface area contributed by atoms with Gasteiger partial charge in [0.15, 0.2) is 0 Å². The number of halogens is 2. The highest BCUT2D eigenvalue weighted by atomic mass is 79.9. The van der Waals surface area contributed by atoms with Gasteiger partial charge in [0.1, 0.15) is 0 Å². The molecule has 6 nitrogen and oxygen atoms in total. The van der Waals surface area contributed by atoms with Gasteiger partial charge in [0, 0.05) is 24.3 Å². The van der Waals surface area contributed by atoms with Crippen LogP contribution in [0.1, 0.15) is 20.8 Å². The Morgan fingerprint density at radius 2 is 1.32 bits per heavy atom. The molecule has 0 aliphatic carbocycles. The zero-order chi connectivity index (χ0) is 16.3. The molecule has 0 amide bonds. The van der Waals surface area contributed by atoms with E-state index < -0.39 is 9.85 Å². The van der Waals surface area contributed by atoms with E-state index in [0.29, 0.717) is 0 Å². The molecule has 0 saturated heterocycles. The monoisotopic (exact) mass is 428 g/mol. The molecule has 2 aromatic carbocycles. The van der Waals surface area contributed by atoms with Crippen molar-refractivity contribution < 1.29 is 9.85 Å². The van der Waals surface area contributed by atoms with Crippen molar-refractivity contribution in [1.29, 1.82) is 0 Å². The van der Waals surface area contributed by atoms with Gasteiger partial charge in [0.25, 0.3) is 11.4 Å². The molecule has 0 radical (unpaired) electrons. The molecule has 2 aromatic rings. The van der Waals surface area contributed by atoms with Gasteiger partial charge in [-0.15, -0.1) is 0 Å². The van der Waals surface area contributed by atoms with Crippen molar-refractivity contribution in [2.45, 2.75) is 9.65 Å². The molecule has 0 aliphatic rings. The van der Waals surface area contributed by atoms with Crippen LogP contribution in [0.4, 0.5) is 11.4 Å². The first-order chi connectivity index (χ1) is 10.4. The van der Waals surface area contributed by atoms with E-state index in [-0.39, 0.29) is 21.0 Å². The number of nitro groups is 2. The molecule has 2 atom stereocenters. The Morgan fingerprint density at radius 3 is 1.86 bits per heavy atom. The van der Waals surface area contributed by atoms with E-state index in [0.717, 1.165) is 11.1 Å². The number of non-ortho nitro benzene ring substituents is 2. The Hall–Kier alpha value is -1.80. The van der Waals surface area contributed by atoms with Gasteiger partial charge in [-0.2, -0.15) is 0 Å². The Bertz CT molecular complexity index is 706. The highest BCUT2D eigenvalue weighted by Crippen LogP contribution is 2.43. The summed E-state index contributed by atoms with van der Waals surface area (Å²) in [5, 5.41) is 21.5. The average Bonchev–Trinajstić information content (AvgIpc) is 2.53. The zero-order valence-corrected chi connectivity index (χ0v) is 14.2. The Labute approximate surface area is 142 Å². The first-order valence-electron chi connectivity index (χ1n) is 6.17. The number of hydrogen-bond donors (Lipinski definition) is 0. The fraction of sp³-hybridized carbons (Fsp3) is 0.143. The summed E-state index contributed by atoms with van der Waals surface area (Å²) in [5.74, 6) is 0. The highest BCUT2D eigenvalue weighted by Gasteiger charge is 2.22. The lowest BCUT2D eigenvalue weighted by atomic mass is 10.0. The van der Waals surface area contributed by atoms with Crippen molar-refractivity contribution in [3.63, 3.8) is 0 Å². The third kappa shape index (κ3) is 3.69. The van der Waals surface area contributed by atoms with Gasteiger partial charge in [0.2, 0.25) is 0 Å². The lowest BCUT2D eigenvalue weighted by Crippen LogP contribution is -2.00. The first-order valence-corrected chi connectivity index (χ1v) is 8.00. The van der Waals surface area contributed by atoms with E-state index in [1.165, 1.54) is 24.3 Å². The van der Waals surface area contributed by atoms with Crippen molar-refractivity contribution in [3.05, 3.63) is 79.9 Å². The summed E-state index contributed by atoms with van der Waals surface area (Å²) in [5.41, 5.74) is 1.61. The maximum absolute atomic E-state index is 10.8. The highest BCUT2D eigenvalue weighted by molar-refractivity contribution is 9.12. The van der Waals surface area contributed by atoms with Crippen LogP contribution >= 0.6 is 31.9 Å². The molecule has 0 aliphatic heterocycles. The Kier molecular flexibility index (Phi) is 5.25. The van der Waals surface area contributed by atoms with Crippen molar-refractivity contribution >= 4 is 43.2 Å². The molecule has 22 heavy (non-hydrogen) atoms. The van der Waals surface area contributed by atoms with Gasteiger partial charge in [-0.3, -0.25) is 20.2 Å². The lowest BCUT2D eigenvalue weighted by Gasteiger charge is -2.17. The maximum atomic E-state index is 10.8. The molecule has 2 rings (SSSR count).